The monoisotopic (exact) mass is 457 g/mol. The summed E-state index contributed by atoms with van der Waals surface area (Å²) in [7, 11) is -4.99. The molecule has 11 nitrogen and oxygen atoms in total. The summed E-state index contributed by atoms with van der Waals surface area (Å²) in [6.07, 6.45) is 3.79. The Morgan fingerprint density at radius 1 is 0.900 bits per heavy atom. The van der Waals surface area contributed by atoms with Crippen LogP contribution in [0.25, 0.3) is 0 Å². The molecule has 164 valence electrons. The van der Waals surface area contributed by atoms with Gasteiger partial charge in [-0.05, 0) is 37.1 Å². The van der Waals surface area contributed by atoms with Crippen molar-refractivity contribution in [2.45, 2.75) is 24.2 Å². The second-order valence-electron chi connectivity index (χ2n) is 6.46. The lowest BCUT2D eigenvalue weighted by Crippen LogP contribution is -2.39. The number of piperidine rings is 1. The van der Waals surface area contributed by atoms with Crippen LogP contribution in [0.15, 0.2) is 35.5 Å². The highest BCUT2D eigenvalue weighted by Crippen LogP contribution is 2.32. The maximum absolute atomic E-state index is 12.7. The molecule has 1 aromatic heterocycles. The normalized spacial score (nSPS) is 15.4. The van der Waals surface area contributed by atoms with Crippen LogP contribution in [-0.4, -0.2) is 58.4 Å². The first-order chi connectivity index (χ1) is 14.3. The fraction of sp³-hybridized carbons (Fsp3) is 0.412. The van der Waals surface area contributed by atoms with E-state index in [1.165, 1.54) is 42.8 Å². The van der Waals surface area contributed by atoms with Gasteiger partial charge in [0.15, 0.2) is 5.82 Å². The van der Waals surface area contributed by atoms with Gasteiger partial charge < -0.3 is 9.47 Å². The van der Waals surface area contributed by atoms with E-state index >= 15 is 0 Å². The topological polar surface area (TPSA) is 140 Å². The number of methoxy groups -OCH3 is 2. The van der Waals surface area contributed by atoms with Crippen molar-refractivity contribution in [3.05, 3.63) is 30.6 Å². The summed E-state index contributed by atoms with van der Waals surface area (Å²) < 4.78 is 66.6. The molecule has 3 rings (SSSR count). The van der Waals surface area contributed by atoms with E-state index in [2.05, 4.69) is 19.4 Å². The molecule has 0 aliphatic carbocycles. The van der Waals surface area contributed by atoms with Crippen molar-refractivity contribution in [2.24, 2.45) is 0 Å². The Kier molecular flexibility index (Phi) is 6.63. The van der Waals surface area contributed by atoms with Gasteiger partial charge in [0.05, 0.1) is 19.1 Å². The standard InChI is InChI=1S/C17H23N5O6S2/c1-27-15-16(18-12-19-17(15)28-2)21-29(23,24)14-8-6-13(7-9-14)20-30(25,26)22-10-4-3-5-11-22/h6-9,12,20H,3-5,10-11H2,1-2H3,(H,18,19,21). The van der Waals surface area contributed by atoms with E-state index < -0.39 is 20.2 Å². The lowest BCUT2D eigenvalue weighted by Gasteiger charge is -2.26. The third kappa shape index (κ3) is 4.91. The zero-order chi connectivity index (χ0) is 21.8. The molecule has 13 heteroatoms. The van der Waals surface area contributed by atoms with Gasteiger partial charge in [-0.3, -0.25) is 9.44 Å². The Hall–Kier alpha value is -2.64. The van der Waals surface area contributed by atoms with Gasteiger partial charge in [-0.1, -0.05) is 6.42 Å². The van der Waals surface area contributed by atoms with Gasteiger partial charge in [-0.15, -0.1) is 0 Å². The second kappa shape index (κ2) is 9.02. The highest BCUT2D eigenvalue weighted by atomic mass is 32.2. The molecule has 0 radical (unpaired) electrons. The molecule has 2 N–H and O–H groups in total. The smallest absolute Gasteiger partial charge is 0.301 e. The Bertz CT molecular complexity index is 1080. The Morgan fingerprint density at radius 3 is 2.17 bits per heavy atom. The Labute approximate surface area is 175 Å². The molecule has 0 amide bonds. The number of benzene rings is 1. The van der Waals surface area contributed by atoms with E-state index in [-0.39, 0.29) is 28.0 Å². The van der Waals surface area contributed by atoms with E-state index in [1.54, 1.807) is 0 Å². The second-order valence-corrected chi connectivity index (χ2v) is 9.81. The maximum atomic E-state index is 12.7. The van der Waals surface area contributed by atoms with Crippen LogP contribution >= 0.6 is 0 Å². The number of rotatable bonds is 8. The van der Waals surface area contributed by atoms with E-state index in [4.69, 9.17) is 9.47 Å². The zero-order valence-corrected chi connectivity index (χ0v) is 18.2. The van der Waals surface area contributed by atoms with Crippen molar-refractivity contribution >= 4 is 31.7 Å². The van der Waals surface area contributed by atoms with Crippen molar-refractivity contribution in [1.82, 2.24) is 14.3 Å². The first kappa shape index (κ1) is 22.1. The van der Waals surface area contributed by atoms with Crippen LogP contribution in [0.5, 0.6) is 11.6 Å². The summed E-state index contributed by atoms with van der Waals surface area (Å²) >= 11 is 0. The Morgan fingerprint density at radius 2 is 1.57 bits per heavy atom. The van der Waals surface area contributed by atoms with Crippen molar-refractivity contribution < 1.29 is 26.3 Å². The number of hydrogen-bond donors (Lipinski definition) is 2. The fourth-order valence-corrected chi connectivity index (χ4v) is 5.28. The van der Waals surface area contributed by atoms with Crippen LogP contribution in [-0.2, 0) is 20.2 Å². The lowest BCUT2D eigenvalue weighted by atomic mass is 10.2. The van der Waals surface area contributed by atoms with Crippen LogP contribution in [0.1, 0.15) is 19.3 Å². The molecule has 0 spiro atoms. The first-order valence-electron chi connectivity index (χ1n) is 9.10. The third-order valence-corrected chi connectivity index (χ3v) is 7.36. The predicted molar refractivity (Wildman–Crippen MR) is 110 cm³/mol. The molecule has 1 fully saturated rings. The molecule has 1 aromatic carbocycles. The van der Waals surface area contributed by atoms with Gasteiger partial charge in [0.25, 0.3) is 15.9 Å². The molecule has 2 heterocycles. The summed E-state index contributed by atoms with van der Waals surface area (Å²) in [5.74, 6) is 0.0291. The summed E-state index contributed by atoms with van der Waals surface area (Å²) in [6, 6.07) is 5.35. The minimum Gasteiger partial charge on any atom is -0.489 e. The van der Waals surface area contributed by atoms with Crippen molar-refractivity contribution in [2.75, 3.05) is 36.8 Å². The molecule has 0 unspecified atom stereocenters. The van der Waals surface area contributed by atoms with Crippen molar-refractivity contribution in [3.8, 4) is 11.6 Å². The van der Waals surface area contributed by atoms with E-state index in [0.717, 1.165) is 25.6 Å². The summed E-state index contributed by atoms with van der Waals surface area (Å²) in [4.78, 5) is 7.66. The highest BCUT2D eigenvalue weighted by Gasteiger charge is 2.24. The predicted octanol–water partition coefficient (Wildman–Crippen LogP) is 1.44. The molecule has 1 aliphatic heterocycles. The quantitative estimate of drug-likeness (QED) is 0.607. The highest BCUT2D eigenvalue weighted by molar-refractivity contribution is 7.92. The molecular weight excluding hydrogens is 434 g/mol. The van der Waals surface area contributed by atoms with Crippen LogP contribution in [0.2, 0.25) is 0 Å². The van der Waals surface area contributed by atoms with Crippen molar-refractivity contribution in [1.29, 1.82) is 0 Å². The molecule has 2 aromatic rings. The zero-order valence-electron chi connectivity index (χ0n) is 16.5. The average molecular weight is 458 g/mol. The van der Waals surface area contributed by atoms with E-state index in [0.29, 0.717) is 13.1 Å². The van der Waals surface area contributed by atoms with Crippen molar-refractivity contribution in [3.63, 3.8) is 0 Å². The molecule has 1 aliphatic rings. The summed E-state index contributed by atoms with van der Waals surface area (Å²) in [5.41, 5.74) is 0.265. The minimum absolute atomic E-state index is 0.0366. The summed E-state index contributed by atoms with van der Waals surface area (Å²) in [5, 5.41) is 0. The molecule has 0 bridgehead atoms. The number of ether oxygens (including phenoxy) is 2. The largest absolute Gasteiger partial charge is 0.489 e. The number of aromatic nitrogens is 2. The van der Waals surface area contributed by atoms with E-state index in [9.17, 15) is 16.8 Å². The molecule has 0 saturated carbocycles. The molecule has 0 atom stereocenters. The maximum Gasteiger partial charge on any atom is 0.301 e. The lowest BCUT2D eigenvalue weighted by molar-refractivity contribution is 0.342. The Balaban J connectivity index is 1.77. The number of anilines is 2. The average Bonchev–Trinajstić information content (AvgIpc) is 2.74. The fourth-order valence-electron chi connectivity index (χ4n) is 2.97. The molecule has 1 saturated heterocycles. The van der Waals surface area contributed by atoms with Gasteiger partial charge >= 0.3 is 10.2 Å². The van der Waals surface area contributed by atoms with Gasteiger partial charge in [0.2, 0.25) is 5.75 Å². The number of nitrogens with zero attached hydrogens (tertiary/aromatic N) is 3. The number of nitrogens with one attached hydrogen (secondary N) is 2. The van der Waals surface area contributed by atoms with Gasteiger partial charge in [-0.25, -0.2) is 13.4 Å². The van der Waals surface area contributed by atoms with Gasteiger partial charge in [-0.2, -0.15) is 17.7 Å². The number of hydrogen-bond acceptors (Lipinski definition) is 8. The van der Waals surface area contributed by atoms with Crippen LogP contribution in [0.4, 0.5) is 11.5 Å². The van der Waals surface area contributed by atoms with Crippen LogP contribution in [0, 0.1) is 0 Å². The summed E-state index contributed by atoms with van der Waals surface area (Å²) in [6.45, 7) is 0.936. The van der Waals surface area contributed by atoms with Crippen LogP contribution < -0.4 is 18.9 Å². The SMILES string of the molecule is COc1ncnc(NS(=O)(=O)c2ccc(NS(=O)(=O)N3CCCCC3)cc2)c1OC. The number of sulfonamides is 1. The minimum atomic E-state index is -4.02. The van der Waals surface area contributed by atoms with Gasteiger partial charge in [0.1, 0.15) is 6.33 Å². The molecular formula is C17H23N5O6S2. The molecule has 30 heavy (non-hydrogen) atoms. The van der Waals surface area contributed by atoms with Crippen LogP contribution in [0.3, 0.4) is 0 Å². The first-order valence-corrected chi connectivity index (χ1v) is 12.0. The van der Waals surface area contributed by atoms with E-state index in [1.807, 2.05) is 0 Å². The van der Waals surface area contributed by atoms with Gasteiger partial charge in [0, 0.05) is 18.8 Å². The third-order valence-electron chi connectivity index (χ3n) is 4.47.